The maximum absolute atomic E-state index is 9.31. The lowest BCUT2D eigenvalue weighted by atomic mass is 10.4. The molecule has 1 aliphatic rings. The second-order valence-corrected chi connectivity index (χ2v) is 3.90. The van der Waals surface area contributed by atoms with Gasteiger partial charge in [0, 0.05) is 12.3 Å². The second kappa shape index (κ2) is 3.55. The molecule has 0 radical (unpaired) electrons. The summed E-state index contributed by atoms with van der Waals surface area (Å²) in [6.07, 6.45) is 0.704. The standard InChI is InChI=1S/C6H11NOS2/c1-2-3-7-5(8)4-10-6(7)9/h5,8H,2-4H2,1H3. The largest absolute Gasteiger partial charge is 0.373 e. The van der Waals surface area contributed by atoms with E-state index in [9.17, 15) is 5.11 Å². The molecule has 1 rings (SSSR count). The van der Waals surface area contributed by atoms with Gasteiger partial charge in [-0.1, -0.05) is 30.9 Å². The summed E-state index contributed by atoms with van der Waals surface area (Å²) in [6, 6.07) is 0. The summed E-state index contributed by atoms with van der Waals surface area (Å²) in [5.74, 6) is 0.735. The number of hydrogen-bond acceptors (Lipinski definition) is 3. The van der Waals surface area contributed by atoms with Gasteiger partial charge in [-0.25, -0.2) is 0 Å². The fourth-order valence-electron chi connectivity index (χ4n) is 0.922. The van der Waals surface area contributed by atoms with E-state index >= 15 is 0 Å². The third kappa shape index (κ3) is 1.62. The van der Waals surface area contributed by atoms with Gasteiger partial charge in [0.15, 0.2) is 0 Å². The van der Waals surface area contributed by atoms with Crippen LogP contribution in [0.15, 0.2) is 0 Å². The summed E-state index contributed by atoms with van der Waals surface area (Å²) in [4.78, 5) is 1.88. The van der Waals surface area contributed by atoms with Crippen molar-refractivity contribution in [2.75, 3.05) is 12.3 Å². The van der Waals surface area contributed by atoms with Crippen LogP contribution in [0.5, 0.6) is 0 Å². The zero-order valence-corrected chi connectivity index (χ0v) is 7.54. The third-order valence-corrected chi connectivity index (χ3v) is 2.95. The van der Waals surface area contributed by atoms with Gasteiger partial charge in [0.25, 0.3) is 0 Å². The van der Waals surface area contributed by atoms with Crippen LogP contribution in [0.1, 0.15) is 13.3 Å². The summed E-state index contributed by atoms with van der Waals surface area (Å²) in [5.41, 5.74) is 0. The second-order valence-electron chi connectivity index (χ2n) is 2.25. The molecule has 0 bridgehead atoms. The Morgan fingerprint density at radius 1 is 1.90 bits per heavy atom. The topological polar surface area (TPSA) is 23.5 Å². The lowest BCUT2D eigenvalue weighted by molar-refractivity contribution is 0.0842. The van der Waals surface area contributed by atoms with Crippen molar-refractivity contribution in [1.29, 1.82) is 0 Å². The first-order valence-corrected chi connectivity index (χ1v) is 4.76. The highest BCUT2D eigenvalue weighted by atomic mass is 32.2. The van der Waals surface area contributed by atoms with Gasteiger partial charge >= 0.3 is 0 Å². The van der Waals surface area contributed by atoms with Gasteiger partial charge in [-0.3, -0.25) is 0 Å². The van der Waals surface area contributed by atoms with E-state index < -0.39 is 0 Å². The zero-order valence-electron chi connectivity index (χ0n) is 5.91. The first-order valence-electron chi connectivity index (χ1n) is 3.37. The number of thiocarbonyl (C=S) groups is 1. The predicted octanol–water partition coefficient (Wildman–Crippen LogP) is 1.05. The smallest absolute Gasteiger partial charge is 0.138 e. The molecule has 0 amide bonds. The maximum atomic E-state index is 9.31. The van der Waals surface area contributed by atoms with Crippen molar-refractivity contribution in [2.45, 2.75) is 19.6 Å². The molecular weight excluding hydrogens is 166 g/mol. The average molecular weight is 177 g/mol. The van der Waals surface area contributed by atoms with Crippen molar-refractivity contribution in [3.63, 3.8) is 0 Å². The van der Waals surface area contributed by atoms with Crippen molar-refractivity contribution in [1.82, 2.24) is 4.90 Å². The molecule has 2 nitrogen and oxygen atoms in total. The van der Waals surface area contributed by atoms with Gasteiger partial charge in [-0.05, 0) is 6.42 Å². The number of aliphatic hydroxyl groups excluding tert-OH is 1. The van der Waals surface area contributed by atoms with E-state index in [1.54, 1.807) is 11.8 Å². The van der Waals surface area contributed by atoms with E-state index in [-0.39, 0.29) is 6.23 Å². The molecule has 4 heteroatoms. The zero-order chi connectivity index (χ0) is 7.56. The summed E-state index contributed by atoms with van der Waals surface area (Å²) in [7, 11) is 0. The summed E-state index contributed by atoms with van der Waals surface area (Å²) in [5, 5.41) is 9.31. The van der Waals surface area contributed by atoms with E-state index in [1.807, 2.05) is 4.90 Å². The van der Waals surface area contributed by atoms with E-state index in [4.69, 9.17) is 12.2 Å². The normalized spacial score (nSPS) is 26.0. The minimum absolute atomic E-state index is 0.336. The number of nitrogens with zero attached hydrogens (tertiary/aromatic N) is 1. The Bertz CT molecular complexity index is 140. The quantitative estimate of drug-likeness (QED) is 0.637. The van der Waals surface area contributed by atoms with Crippen LogP contribution < -0.4 is 0 Å². The van der Waals surface area contributed by atoms with Crippen LogP contribution in [0.25, 0.3) is 0 Å². The average Bonchev–Trinajstić information content (AvgIpc) is 2.20. The van der Waals surface area contributed by atoms with E-state index in [1.165, 1.54) is 0 Å². The molecule has 58 valence electrons. The molecule has 0 spiro atoms. The first kappa shape index (κ1) is 8.30. The monoisotopic (exact) mass is 177 g/mol. The molecule has 0 saturated carbocycles. The van der Waals surface area contributed by atoms with Crippen LogP contribution in [0.4, 0.5) is 0 Å². The van der Waals surface area contributed by atoms with E-state index in [2.05, 4.69) is 6.92 Å². The number of aliphatic hydroxyl groups is 1. The van der Waals surface area contributed by atoms with Crippen LogP contribution in [-0.2, 0) is 0 Å². The Balaban J connectivity index is 2.46. The molecule has 10 heavy (non-hydrogen) atoms. The molecule has 0 aromatic carbocycles. The van der Waals surface area contributed by atoms with Crippen molar-refractivity contribution < 1.29 is 5.11 Å². The molecule has 1 saturated heterocycles. The molecule has 1 N–H and O–H groups in total. The van der Waals surface area contributed by atoms with Crippen LogP contribution in [-0.4, -0.2) is 32.9 Å². The molecule has 0 aliphatic carbocycles. The number of rotatable bonds is 2. The summed E-state index contributed by atoms with van der Waals surface area (Å²) >= 11 is 6.57. The van der Waals surface area contributed by atoms with Gasteiger partial charge in [0.1, 0.15) is 10.5 Å². The highest BCUT2D eigenvalue weighted by Gasteiger charge is 2.25. The van der Waals surface area contributed by atoms with Gasteiger partial charge in [-0.2, -0.15) is 0 Å². The molecule has 0 aromatic rings. The molecule has 1 heterocycles. The third-order valence-electron chi connectivity index (χ3n) is 1.41. The van der Waals surface area contributed by atoms with Crippen LogP contribution in [0.2, 0.25) is 0 Å². The Hall–Kier alpha value is 0.200. The van der Waals surface area contributed by atoms with Gasteiger partial charge in [0.05, 0.1) is 0 Å². The Kier molecular flexibility index (Phi) is 2.95. The van der Waals surface area contributed by atoms with Crippen molar-refractivity contribution in [3.05, 3.63) is 0 Å². The predicted molar refractivity (Wildman–Crippen MR) is 48.1 cm³/mol. The molecule has 1 fully saturated rings. The van der Waals surface area contributed by atoms with Gasteiger partial charge in [0.2, 0.25) is 0 Å². The summed E-state index contributed by atoms with van der Waals surface area (Å²) < 4.78 is 0.842. The van der Waals surface area contributed by atoms with Gasteiger partial charge in [-0.15, -0.1) is 0 Å². The Morgan fingerprint density at radius 3 is 3.00 bits per heavy atom. The number of hydrogen-bond donors (Lipinski definition) is 1. The minimum Gasteiger partial charge on any atom is -0.373 e. The molecular formula is C6H11NOS2. The van der Waals surface area contributed by atoms with Crippen LogP contribution >= 0.6 is 24.0 Å². The SMILES string of the molecule is CCCN1C(=S)SCC1O. The van der Waals surface area contributed by atoms with Gasteiger partial charge < -0.3 is 10.0 Å². The van der Waals surface area contributed by atoms with Crippen molar-refractivity contribution in [2.24, 2.45) is 0 Å². The molecule has 1 aliphatic heterocycles. The lowest BCUT2D eigenvalue weighted by Crippen LogP contribution is -2.33. The molecule has 1 unspecified atom stereocenters. The van der Waals surface area contributed by atoms with E-state index in [0.717, 1.165) is 23.0 Å². The molecule has 0 aromatic heterocycles. The van der Waals surface area contributed by atoms with Crippen LogP contribution in [0, 0.1) is 0 Å². The Labute approximate surface area is 70.6 Å². The summed E-state index contributed by atoms with van der Waals surface area (Å²) in [6.45, 7) is 2.96. The minimum atomic E-state index is -0.336. The molecule has 1 atom stereocenters. The fourth-order valence-corrected chi connectivity index (χ4v) is 2.19. The van der Waals surface area contributed by atoms with E-state index in [0.29, 0.717) is 0 Å². The maximum Gasteiger partial charge on any atom is 0.138 e. The fraction of sp³-hybridized carbons (Fsp3) is 0.833. The highest BCUT2D eigenvalue weighted by Crippen LogP contribution is 2.22. The Morgan fingerprint density at radius 2 is 2.60 bits per heavy atom. The lowest BCUT2D eigenvalue weighted by Gasteiger charge is -2.19. The van der Waals surface area contributed by atoms with Crippen molar-refractivity contribution >= 4 is 28.3 Å². The first-order chi connectivity index (χ1) is 4.75. The highest BCUT2D eigenvalue weighted by molar-refractivity contribution is 8.23. The van der Waals surface area contributed by atoms with Crippen LogP contribution in [0.3, 0.4) is 0 Å². The number of thioether (sulfide) groups is 1. The van der Waals surface area contributed by atoms with Crippen molar-refractivity contribution in [3.8, 4) is 0 Å².